The molecule has 1 aliphatic heterocycles. The first-order valence-electron chi connectivity index (χ1n) is 16.0. The van der Waals surface area contributed by atoms with Crippen molar-refractivity contribution in [2.75, 3.05) is 19.8 Å². The minimum atomic E-state index is -1.83. The summed E-state index contributed by atoms with van der Waals surface area (Å²) in [6.07, 6.45) is 9.28. The Morgan fingerprint density at radius 1 is 0.956 bits per heavy atom. The second-order valence-corrected chi connectivity index (χ2v) is 13.7. The van der Waals surface area contributed by atoms with Gasteiger partial charge in [0.2, 0.25) is 3.79 Å². The van der Waals surface area contributed by atoms with Crippen molar-refractivity contribution in [3.05, 3.63) is 48.6 Å². The van der Waals surface area contributed by atoms with Gasteiger partial charge < -0.3 is 34.1 Å². The van der Waals surface area contributed by atoms with E-state index in [4.69, 9.17) is 58.5 Å². The topological polar surface area (TPSA) is 113 Å². The van der Waals surface area contributed by atoms with Crippen LogP contribution < -0.4 is 5.32 Å². The van der Waals surface area contributed by atoms with Crippen LogP contribution >= 0.6 is 34.8 Å². The molecule has 12 heteroatoms. The van der Waals surface area contributed by atoms with Crippen molar-refractivity contribution < 1.29 is 38.4 Å². The Hall–Kier alpha value is -1.59. The number of alkyl halides is 3. The molecule has 0 unspecified atom stereocenters. The van der Waals surface area contributed by atoms with Gasteiger partial charge in [-0.25, -0.2) is 4.79 Å². The van der Waals surface area contributed by atoms with Gasteiger partial charge in [0.05, 0.1) is 19.8 Å². The molecule has 0 aromatic heterocycles. The van der Waals surface area contributed by atoms with E-state index in [1.165, 1.54) is 51.0 Å². The SMILES string of the molecule is C=CCO[C@H]1O[C@H](CO)[C@@H](OCc2ccccc2)[C@H](OC(=O)CCCCCCCCCCCCC)[C@H]1NC(=O)OCC(Cl)(Cl)Cl. The van der Waals surface area contributed by atoms with E-state index in [1.807, 2.05) is 30.3 Å². The third kappa shape index (κ3) is 16.7. The van der Waals surface area contributed by atoms with E-state index in [1.54, 1.807) is 0 Å². The molecule has 1 fully saturated rings. The van der Waals surface area contributed by atoms with Crippen LogP contribution in [0.15, 0.2) is 43.0 Å². The Morgan fingerprint density at radius 2 is 1.58 bits per heavy atom. The number of rotatable bonds is 22. The highest BCUT2D eigenvalue weighted by Crippen LogP contribution is 2.29. The molecule has 0 radical (unpaired) electrons. The highest BCUT2D eigenvalue weighted by Gasteiger charge is 2.50. The molecule has 1 aromatic carbocycles. The fourth-order valence-electron chi connectivity index (χ4n) is 5.09. The number of hydrogen-bond donors (Lipinski definition) is 2. The summed E-state index contributed by atoms with van der Waals surface area (Å²) in [4.78, 5) is 25.9. The molecule has 256 valence electrons. The van der Waals surface area contributed by atoms with Crippen molar-refractivity contribution in [1.82, 2.24) is 5.32 Å². The van der Waals surface area contributed by atoms with E-state index in [0.29, 0.717) is 6.42 Å². The minimum Gasteiger partial charge on any atom is -0.457 e. The molecule has 45 heavy (non-hydrogen) atoms. The van der Waals surface area contributed by atoms with Crippen LogP contribution in [-0.4, -0.2) is 71.4 Å². The fourth-order valence-corrected chi connectivity index (χ4v) is 5.25. The molecule has 2 N–H and O–H groups in total. The van der Waals surface area contributed by atoms with Gasteiger partial charge in [-0.2, -0.15) is 0 Å². The average Bonchev–Trinajstić information content (AvgIpc) is 3.02. The Labute approximate surface area is 283 Å². The molecule has 0 spiro atoms. The number of alkyl carbamates (subject to hydrolysis) is 1. The summed E-state index contributed by atoms with van der Waals surface area (Å²) < 4.78 is 27.2. The van der Waals surface area contributed by atoms with Gasteiger partial charge in [0.1, 0.15) is 24.9 Å². The molecule has 2 rings (SSSR count). The van der Waals surface area contributed by atoms with Crippen LogP contribution in [0.2, 0.25) is 0 Å². The number of nitrogens with one attached hydrogen (secondary N) is 1. The maximum absolute atomic E-state index is 13.2. The monoisotopic (exact) mass is 693 g/mol. The normalized spacial score (nSPS) is 21.7. The molecular weight excluding hydrogens is 645 g/mol. The van der Waals surface area contributed by atoms with Gasteiger partial charge in [0, 0.05) is 6.42 Å². The number of aliphatic hydroxyl groups excluding tert-OH is 1. The van der Waals surface area contributed by atoms with Crippen LogP contribution in [0.4, 0.5) is 4.79 Å². The molecule has 0 saturated carbocycles. The zero-order valence-corrected chi connectivity index (χ0v) is 28.6. The number of benzene rings is 1. The first-order valence-corrected chi connectivity index (χ1v) is 17.2. The summed E-state index contributed by atoms with van der Waals surface area (Å²) in [5.41, 5.74) is 0.858. The second-order valence-electron chi connectivity index (χ2n) is 11.2. The Balaban J connectivity index is 2.08. The largest absolute Gasteiger partial charge is 0.457 e. The van der Waals surface area contributed by atoms with Crippen molar-refractivity contribution in [1.29, 1.82) is 0 Å². The quantitative estimate of drug-likeness (QED) is 0.0553. The summed E-state index contributed by atoms with van der Waals surface area (Å²) in [5, 5.41) is 12.9. The molecule has 0 aliphatic carbocycles. The first kappa shape index (κ1) is 39.6. The second kappa shape index (κ2) is 22.9. The van der Waals surface area contributed by atoms with Gasteiger partial charge >= 0.3 is 12.1 Å². The number of carbonyl (C=O) groups excluding carboxylic acids is 2. The lowest BCUT2D eigenvalue weighted by Crippen LogP contribution is -2.66. The van der Waals surface area contributed by atoms with Crippen LogP contribution in [0, 0.1) is 0 Å². The van der Waals surface area contributed by atoms with Gasteiger partial charge in [-0.15, -0.1) is 6.58 Å². The van der Waals surface area contributed by atoms with Gasteiger partial charge in [0.25, 0.3) is 0 Å². The summed E-state index contributed by atoms with van der Waals surface area (Å²) in [6.45, 7) is 5.10. The first-order chi connectivity index (χ1) is 21.7. The number of esters is 1. The zero-order chi connectivity index (χ0) is 32.9. The molecule has 9 nitrogen and oxygen atoms in total. The van der Waals surface area contributed by atoms with Crippen LogP contribution in [-0.2, 0) is 35.1 Å². The van der Waals surface area contributed by atoms with Crippen LogP contribution in [0.1, 0.15) is 89.5 Å². The molecule has 1 aliphatic rings. The number of aliphatic hydroxyl groups is 1. The Kier molecular flexibility index (Phi) is 20.1. The van der Waals surface area contributed by atoms with Crippen molar-refractivity contribution in [3.63, 3.8) is 0 Å². The zero-order valence-electron chi connectivity index (χ0n) is 26.3. The molecule has 1 amide bonds. The van der Waals surface area contributed by atoms with E-state index in [-0.39, 0.29) is 19.6 Å². The Bertz CT molecular complexity index is 965. The minimum absolute atomic E-state index is 0.0547. The number of carbonyl (C=O) groups is 2. The van der Waals surface area contributed by atoms with Crippen molar-refractivity contribution in [2.24, 2.45) is 0 Å². The predicted molar refractivity (Wildman–Crippen MR) is 176 cm³/mol. The van der Waals surface area contributed by atoms with Gasteiger partial charge in [-0.3, -0.25) is 4.79 Å². The number of amides is 1. The predicted octanol–water partition coefficient (Wildman–Crippen LogP) is 7.57. The third-order valence-electron chi connectivity index (χ3n) is 7.39. The fraction of sp³-hybridized carbons (Fsp3) is 0.697. The summed E-state index contributed by atoms with van der Waals surface area (Å²) >= 11 is 17.2. The average molecular weight is 695 g/mol. The van der Waals surface area contributed by atoms with E-state index in [2.05, 4.69) is 18.8 Å². The van der Waals surface area contributed by atoms with Crippen molar-refractivity contribution in [3.8, 4) is 0 Å². The molecule has 0 bridgehead atoms. The van der Waals surface area contributed by atoms with E-state index < -0.39 is 59.7 Å². The lowest BCUT2D eigenvalue weighted by Gasteiger charge is -2.45. The highest BCUT2D eigenvalue weighted by molar-refractivity contribution is 6.67. The molecular formula is C33H50Cl3NO8. The summed E-state index contributed by atoms with van der Waals surface area (Å²) in [6, 6.07) is 8.30. The van der Waals surface area contributed by atoms with Crippen molar-refractivity contribution in [2.45, 2.75) is 125 Å². The van der Waals surface area contributed by atoms with Gasteiger partial charge in [0.15, 0.2) is 12.4 Å². The number of unbranched alkanes of at least 4 members (excludes halogenated alkanes) is 10. The standard InChI is InChI=1S/C33H50Cl3NO8/c1-3-5-6-7-8-9-10-11-12-13-17-20-27(39)45-30-28(37-32(40)43-24-33(34,35)36)31(41-21-4-2)44-26(22-38)29(30)42-23-25-18-15-14-16-19-25/h4,14-16,18-19,26,28-31,38H,2-3,5-13,17,20-24H2,1H3,(H,37,40)/t26-,28-,29-,30-,31+/m1/s1. The molecule has 1 saturated heterocycles. The lowest BCUT2D eigenvalue weighted by molar-refractivity contribution is -0.280. The lowest BCUT2D eigenvalue weighted by atomic mass is 9.96. The maximum atomic E-state index is 13.2. The Morgan fingerprint density at radius 3 is 2.16 bits per heavy atom. The van der Waals surface area contributed by atoms with E-state index in [0.717, 1.165) is 24.8 Å². The van der Waals surface area contributed by atoms with Gasteiger partial charge in [-0.1, -0.05) is 142 Å². The van der Waals surface area contributed by atoms with Crippen LogP contribution in [0.3, 0.4) is 0 Å². The van der Waals surface area contributed by atoms with E-state index >= 15 is 0 Å². The number of halogens is 3. The maximum Gasteiger partial charge on any atom is 0.407 e. The number of hydrogen-bond acceptors (Lipinski definition) is 8. The van der Waals surface area contributed by atoms with Crippen LogP contribution in [0.5, 0.6) is 0 Å². The van der Waals surface area contributed by atoms with E-state index in [9.17, 15) is 14.7 Å². The summed E-state index contributed by atoms with van der Waals surface area (Å²) in [5.74, 6) is -0.466. The third-order valence-corrected chi connectivity index (χ3v) is 7.72. The van der Waals surface area contributed by atoms with Gasteiger partial charge in [-0.05, 0) is 12.0 Å². The highest BCUT2D eigenvalue weighted by atomic mass is 35.6. The van der Waals surface area contributed by atoms with Crippen LogP contribution in [0.25, 0.3) is 0 Å². The van der Waals surface area contributed by atoms with Crippen molar-refractivity contribution >= 4 is 46.9 Å². The smallest absolute Gasteiger partial charge is 0.407 e. The molecule has 1 aromatic rings. The number of ether oxygens (including phenoxy) is 5. The molecule has 1 heterocycles. The molecule has 5 atom stereocenters. The summed E-state index contributed by atoms with van der Waals surface area (Å²) in [7, 11) is 0.